The molecule has 1 saturated carbocycles. The van der Waals surface area contributed by atoms with Crippen molar-refractivity contribution in [2.75, 3.05) is 6.54 Å². The Bertz CT molecular complexity index is 786. The Balaban J connectivity index is 1.50. The second-order valence-electron chi connectivity index (χ2n) is 7.06. The third-order valence-electron chi connectivity index (χ3n) is 5.15. The summed E-state index contributed by atoms with van der Waals surface area (Å²) in [7, 11) is 0. The van der Waals surface area contributed by atoms with Gasteiger partial charge in [-0.1, -0.05) is 42.4 Å². The topological polar surface area (TPSA) is 105 Å². The molecule has 3 rings (SSSR count). The van der Waals surface area contributed by atoms with Gasteiger partial charge >= 0.3 is 5.97 Å². The zero-order chi connectivity index (χ0) is 19.3. The molecule has 1 heterocycles. The lowest BCUT2D eigenvalue weighted by atomic mass is 9.78. The molecule has 2 N–H and O–H groups in total. The predicted octanol–water partition coefficient (Wildman–Crippen LogP) is 2.82. The lowest BCUT2D eigenvalue weighted by molar-refractivity contribution is -0.144. The van der Waals surface area contributed by atoms with Crippen LogP contribution in [-0.2, 0) is 21.4 Å². The van der Waals surface area contributed by atoms with Gasteiger partial charge in [-0.25, -0.2) is 0 Å². The Hall–Kier alpha value is -2.70. The highest BCUT2D eigenvalue weighted by Crippen LogP contribution is 2.38. The fourth-order valence-corrected chi connectivity index (χ4v) is 3.15. The molecule has 0 bridgehead atoms. The number of carbonyl (C=O) groups is 2. The van der Waals surface area contributed by atoms with Gasteiger partial charge in [0.2, 0.25) is 11.8 Å². The molecule has 1 amide bonds. The summed E-state index contributed by atoms with van der Waals surface area (Å²) in [6.45, 7) is 1.88. The first-order chi connectivity index (χ1) is 13.0. The molecular weight excluding hydrogens is 346 g/mol. The number of nitrogens with zero attached hydrogens (tertiary/aromatic N) is 2. The molecule has 1 aliphatic rings. The van der Waals surface area contributed by atoms with E-state index in [2.05, 4.69) is 15.5 Å². The third kappa shape index (κ3) is 4.53. The summed E-state index contributed by atoms with van der Waals surface area (Å²) >= 11 is 0. The number of aryl methyl sites for hydroxylation is 1. The van der Waals surface area contributed by atoms with Gasteiger partial charge in [0.25, 0.3) is 0 Å². The standard InChI is InChI=1S/C20H25N3O4/c1-2-20(19(25)26,15-7-4-3-5-8-15)13-21-16(24)9-6-10-17-22-18(23-27-17)14-11-12-14/h3-5,7-8,14H,2,6,9-13H2,1H3,(H,21,24)(H,25,26). The van der Waals surface area contributed by atoms with Crippen LogP contribution in [0.2, 0.25) is 0 Å². The van der Waals surface area contributed by atoms with E-state index in [9.17, 15) is 14.7 Å². The number of aromatic nitrogens is 2. The monoisotopic (exact) mass is 371 g/mol. The second kappa shape index (κ2) is 8.33. The molecule has 7 heteroatoms. The predicted molar refractivity (Wildman–Crippen MR) is 98.3 cm³/mol. The molecule has 27 heavy (non-hydrogen) atoms. The van der Waals surface area contributed by atoms with Crippen LogP contribution in [0.3, 0.4) is 0 Å². The van der Waals surface area contributed by atoms with Crippen LogP contribution in [0.5, 0.6) is 0 Å². The van der Waals surface area contributed by atoms with Crippen LogP contribution in [0, 0.1) is 0 Å². The zero-order valence-electron chi connectivity index (χ0n) is 15.5. The number of rotatable bonds is 10. The maximum absolute atomic E-state index is 12.2. The van der Waals surface area contributed by atoms with E-state index in [4.69, 9.17) is 4.52 Å². The Morgan fingerprint density at radius 1 is 1.30 bits per heavy atom. The smallest absolute Gasteiger partial charge is 0.315 e. The van der Waals surface area contributed by atoms with Crippen LogP contribution in [0.25, 0.3) is 0 Å². The Kier molecular flexibility index (Phi) is 5.88. The zero-order valence-corrected chi connectivity index (χ0v) is 15.5. The average molecular weight is 371 g/mol. The largest absolute Gasteiger partial charge is 0.481 e. The number of benzene rings is 1. The number of hydrogen-bond donors (Lipinski definition) is 2. The molecule has 1 atom stereocenters. The molecule has 0 spiro atoms. The van der Waals surface area contributed by atoms with Gasteiger partial charge in [0.15, 0.2) is 5.82 Å². The number of amides is 1. The number of carboxylic acids is 1. The molecule has 1 fully saturated rings. The highest BCUT2D eigenvalue weighted by Gasteiger charge is 2.38. The van der Waals surface area contributed by atoms with Crippen molar-refractivity contribution in [3.05, 3.63) is 47.6 Å². The first kappa shape index (κ1) is 19.1. The van der Waals surface area contributed by atoms with E-state index in [1.54, 1.807) is 12.1 Å². The van der Waals surface area contributed by atoms with Crippen LogP contribution >= 0.6 is 0 Å². The van der Waals surface area contributed by atoms with E-state index < -0.39 is 11.4 Å². The van der Waals surface area contributed by atoms with Gasteiger partial charge in [0, 0.05) is 25.3 Å². The minimum atomic E-state index is -1.12. The molecule has 144 valence electrons. The van der Waals surface area contributed by atoms with Gasteiger partial charge in [-0.3, -0.25) is 9.59 Å². The third-order valence-corrected chi connectivity index (χ3v) is 5.15. The minimum Gasteiger partial charge on any atom is -0.481 e. The van der Waals surface area contributed by atoms with Crippen LogP contribution in [-0.4, -0.2) is 33.7 Å². The molecule has 1 aliphatic carbocycles. The van der Waals surface area contributed by atoms with Crippen LogP contribution in [0.15, 0.2) is 34.9 Å². The van der Waals surface area contributed by atoms with Crippen molar-refractivity contribution in [2.45, 2.75) is 56.8 Å². The summed E-state index contributed by atoms with van der Waals surface area (Å²) in [6, 6.07) is 9.04. The highest BCUT2D eigenvalue weighted by atomic mass is 16.5. The maximum Gasteiger partial charge on any atom is 0.315 e. The molecule has 0 radical (unpaired) electrons. The quantitative estimate of drug-likeness (QED) is 0.665. The number of hydrogen-bond acceptors (Lipinski definition) is 5. The van der Waals surface area contributed by atoms with E-state index >= 15 is 0 Å². The summed E-state index contributed by atoms with van der Waals surface area (Å²) < 4.78 is 5.20. The Morgan fingerprint density at radius 2 is 2.04 bits per heavy atom. The highest BCUT2D eigenvalue weighted by molar-refractivity contribution is 5.83. The van der Waals surface area contributed by atoms with E-state index in [0.717, 1.165) is 18.7 Å². The van der Waals surface area contributed by atoms with Crippen LogP contribution in [0.1, 0.15) is 62.2 Å². The van der Waals surface area contributed by atoms with Gasteiger partial charge < -0.3 is 14.9 Å². The molecule has 1 aromatic heterocycles. The number of carboxylic acid groups (broad SMARTS) is 1. The number of carbonyl (C=O) groups excluding carboxylic acids is 1. The number of nitrogens with one attached hydrogen (secondary N) is 1. The summed E-state index contributed by atoms with van der Waals surface area (Å²) in [5, 5.41) is 16.5. The minimum absolute atomic E-state index is 0.0636. The molecule has 7 nitrogen and oxygen atoms in total. The van der Waals surface area contributed by atoms with Crippen molar-refractivity contribution >= 4 is 11.9 Å². The van der Waals surface area contributed by atoms with Gasteiger partial charge in [0.1, 0.15) is 5.41 Å². The molecule has 0 saturated heterocycles. The fraction of sp³-hybridized carbons (Fsp3) is 0.500. The van der Waals surface area contributed by atoms with Gasteiger partial charge in [-0.05, 0) is 31.2 Å². The molecule has 2 aromatic rings. The molecule has 1 aromatic carbocycles. The molecular formula is C20H25N3O4. The van der Waals surface area contributed by atoms with E-state index in [1.165, 1.54) is 0 Å². The summed E-state index contributed by atoms with van der Waals surface area (Å²) in [5.41, 5.74) is -0.429. The van der Waals surface area contributed by atoms with Crippen molar-refractivity contribution in [2.24, 2.45) is 0 Å². The number of aliphatic carboxylic acids is 1. The van der Waals surface area contributed by atoms with E-state index in [-0.39, 0.29) is 18.9 Å². The van der Waals surface area contributed by atoms with Crippen molar-refractivity contribution in [3.63, 3.8) is 0 Å². The first-order valence-electron chi connectivity index (χ1n) is 9.43. The molecule has 0 aliphatic heterocycles. The summed E-state index contributed by atoms with van der Waals surface area (Å²) in [6.07, 6.45) is 4.03. The van der Waals surface area contributed by atoms with Crippen molar-refractivity contribution in [3.8, 4) is 0 Å². The van der Waals surface area contributed by atoms with Crippen molar-refractivity contribution in [1.82, 2.24) is 15.5 Å². The summed E-state index contributed by atoms with van der Waals surface area (Å²) in [5.74, 6) is 0.665. The maximum atomic E-state index is 12.2. The second-order valence-corrected chi connectivity index (χ2v) is 7.06. The lowest BCUT2D eigenvalue weighted by Gasteiger charge is -2.29. The van der Waals surface area contributed by atoms with E-state index in [1.807, 2.05) is 25.1 Å². The first-order valence-corrected chi connectivity index (χ1v) is 9.43. The lowest BCUT2D eigenvalue weighted by Crippen LogP contribution is -2.46. The van der Waals surface area contributed by atoms with Gasteiger partial charge in [-0.2, -0.15) is 4.98 Å². The van der Waals surface area contributed by atoms with Gasteiger partial charge in [0.05, 0.1) is 0 Å². The van der Waals surface area contributed by atoms with Crippen LogP contribution < -0.4 is 5.32 Å². The SMILES string of the molecule is CCC(CNC(=O)CCCc1nc(C2CC2)no1)(C(=O)O)c1ccccc1. The average Bonchev–Trinajstić information content (AvgIpc) is 3.42. The van der Waals surface area contributed by atoms with Crippen molar-refractivity contribution < 1.29 is 19.2 Å². The summed E-state index contributed by atoms with van der Waals surface area (Å²) in [4.78, 5) is 28.5. The van der Waals surface area contributed by atoms with Crippen molar-refractivity contribution in [1.29, 1.82) is 0 Å². The van der Waals surface area contributed by atoms with Crippen LogP contribution in [0.4, 0.5) is 0 Å². The normalized spacial score (nSPS) is 15.9. The molecule has 1 unspecified atom stereocenters. The Morgan fingerprint density at radius 3 is 2.67 bits per heavy atom. The van der Waals surface area contributed by atoms with E-state index in [0.29, 0.717) is 36.6 Å². The Labute approximate surface area is 158 Å². The van der Waals surface area contributed by atoms with Gasteiger partial charge in [-0.15, -0.1) is 0 Å². The fourth-order valence-electron chi connectivity index (χ4n) is 3.15.